The van der Waals surface area contributed by atoms with Crippen LogP contribution in [0.25, 0.3) is 0 Å². The highest BCUT2D eigenvalue weighted by Crippen LogP contribution is 2.34. The number of aromatic nitrogens is 3. The molecule has 30 heavy (non-hydrogen) atoms. The Morgan fingerprint density at radius 2 is 2.10 bits per heavy atom. The number of nitrogens with zero attached hydrogens (tertiary/aromatic N) is 5. The molecule has 0 saturated heterocycles. The van der Waals surface area contributed by atoms with Crippen molar-refractivity contribution in [3.05, 3.63) is 69.8 Å². The number of hydrogen-bond donors (Lipinski definition) is 0. The van der Waals surface area contributed by atoms with Crippen LogP contribution in [0.1, 0.15) is 15.9 Å². The number of ether oxygens (including phenoxy) is 1. The summed E-state index contributed by atoms with van der Waals surface area (Å²) in [5, 5.41) is 19.7. The largest absolute Gasteiger partial charge is 0.494 e. The first kappa shape index (κ1) is 21.2. The van der Waals surface area contributed by atoms with Crippen molar-refractivity contribution >= 4 is 23.4 Å². The minimum absolute atomic E-state index is 0.111. The van der Waals surface area contributed by atoms with Crippen molar-refractivity contribution in [2.24, 2.45) is 7.05 Å². The molecular formula is C19H18FN5O4S. The summed E-state index contributed by atoms with van der Waals surface area (Å²) in [5.41, 5.74) is 0.506. The molecule has 0 bridgehead atoms. The van der Waals surface area contributed by atoms with E-state index in [1.165, 1.54) is 48.7 Å². The smallest absolute Gasteiger partial charge is 0.284 e. The lowest BCUT2D eigenvalue weighted by Gasteiger charge is -2.18. The first-order chi connectivity index (χ1) is 14.3. The van der Waals surface area contributed by atoms with Gasteiger partial charge in [0.2, 0.25) is 0 Å². The quantitative estimate of drug-likeness (QED) is 0.418. The third-order valence-corrected chi connectivity index (χ3v) is 5.37. The zero-order valence-corrected chi connectivity index (χ0v) is 17.2. The van der Waals surface area contributed by atoms with Gasteiger partial charge < -0.3 is 14.2 Å². The predicted molar refractivity (Wildman–Crippen MR) is 107 cm³/mol. The van der Waals surface area contributed by atoms with Crippen LogP contribution < -0.4 is 4.74 Å². The minimum atomic E-state index is -0.547. The van der Waals surface area contributed by atoms with Gasteiger partial charge in [0.15, 0.2) is 16.7 Å². The molecule has 0 aliphatic rings. The van der Waals surface area contributed by atoms with E-state index in [-0.39, 0.29) is 23.5 Å². The van der Waals surface area contributed by atoms with Crippen molar-refractivity contribution in [3.8, 4) is 5.75 Å². The van der Waals surface area contributed by atoms with E-state index in [1.54, 1.807) is 24.7 Å². The Kier molecular flexibility index (Phi) is 6.31. The Bertz CT molecular complexity index is 1100. The summed E-state index contributed by atoms with van der Waals surface area (Å²) >= 11 is 1.08. The van der Waals surface area contributed by atoms with Crippen LogP contribution in [0.15, 0.2) is 52.8 Å². The highest BCUT2D eigenvalue weighted by atomic mass is 32.2. The van der Waals surface area contributed by atoms with E-state index in [0.29, 0.717) is 15.6 Å². The third kappa shape index (κ3) is 4.57. The summed E-state index contributed by atoms with van der Waals surface area (Å²) < 4.78 is 20.4. The monoisotopic (exact) mass is 431 g/mol. The van der Waals surface area contributed by atoms with Crippen LogP contribution in [0.3, 0.4) is 0 Å². The van der Waals surface area contributed by atoms with Gasteiger partial charge in [-0.15, -0.1) is 10.2 Å². The van der Waals surface area contributed by atoms with E-state index in [0.717, 1.165) is 11.8 Å². The molecule has 1 aromatic heterocycles. The van der Waals surface area contributed by atoms with Crippen molar-refractivity contribution < 1.29 is 18.8 Å². The maximum atomic E-state index is 13.9. The number of nitro benzene ring substituents is 1. The van der Waals surface area contributed by atoms with Gasteiger partial charge in [-0.05, 0) is 41.6 Å². The summed E-state index contributed by atoms with van der Waals surface area (Å²) in [5.74, 6) is -0.847. The lowest BCUT2D eigenvalue weighted by atomic mass is 10.1. The van der Waals surface area contributed by atoms with Crippen LogP contribution in [0, 0.1) is 15.9 Å². The lowest BCUT2D eigenvalue weighted by molar-refractivity contribution is -0.387. The topological polar surface area (TPSA) is 103 Å². The molecule has 0 N–H and O–H groups in total. The van der Waals surface area contributed by atoms with Gasteiger partial charge in [-0.25, -0.2) is 4.39 Å². The van der Waals surface area contributed by atoms with E-state index >= 15 is 0 Å². The Morgan fingerprint density at radius 1 is 1.33 bits per heavy atom. The molecule has 9 nitrogen and oxygen atoms in total. The molecule has 0 radical (unpaired) electrons. The van der Waals surface area contributed by atoms with Crippen molar-refractivity contribution in [1.82, 2.24) is 19.7 Å². The normalized spacial score (nSPS) is 10.7. The van der Waals surface area contributed by atoms with Crippen molar-refractivity contribution in [1.29, 1.82) is 0 Å². The molecule has 156 valence electrons. The number of carbonyl (C=O) groups is 1. The second kappa shape index (κ2) is 8.91. The third-order valence-electron chi connectivity index (χ3n) is 4.26. The molecule has 0 atom stereocenters. The van der Waals surface area contributed by atoms with Crippen molar-refractivity contribution in [3.63, 3.8) is 0 Å². The fraction of sp³-hybridized carbons (Fsp3) is 0.211. The fourth-order valence-corrected chi connectivity index (χ4v) is 3.57. The molecule has 0 saturated carbocycles. The fourth-order valence-electron chi connectivity index (χ4n) is 2.72. The van der Waals surface area contributed by atoms with E-state index in [2.05, 4.69) is 10.2 Å². The maximum Gasteiger partial charge on any atom is 0.284 e. The first-order valence-electron chi connectivity index (χ1n) is 8.68. The summed E-state index contributed by atoms with van der Waals surface area (Å²) in [6.45, 7) is 0.128. The number of nitro groups is 1. The Morgan fingerprint density at radius 3 is 2.70 bits per heavy atom. The molecule has 1 heterocycles. The van der Waals surface area contributed by atoms with Crippen LogP contribution in [-0.2, 0) is 13.6 Å². The molecule has 2 aromatic carbocycles. The summed E-state index contributed by atoms with van der Waals surface area (Å²) in [4.78, 5) is 25.5. The minimum Gasteiger partial charge on any atom is -0.494 e. The zero-order valence-electron chi connectivity index (χ0n) is 16.4. The maximum absolute atomic E-state index is 13.9. The first-order valence-corrected chi connectivity index (χ1v) is 9.50. The van der Waals surface area contributed by atoms with Gasteiger partial charge >= 0.3 is 0 Å². The highest BCUT2D eigenvalue weighted by Gasteiger charge is 2.22. The van der Waals surface area contributed by atoms with E-state index in [1.807, 2.05) is 0 Å². The van der Waals surface area contributed by atoms with E-state index < -0.39 is 16.6 Å². The molecule has 0 spiro atoms. The molecular weight excluding hydrogens is 413 g/mol. The number of carbonyl (C=O) groups excluding carboxylic acids is 1. The Labute approximate surface area is 175 Å². The highest BCUT2D eigenvalue weighted by molar-refractivity contribution is 7.99. The standard InChI is InChI=1S/C19H18FN5O4S/c1-23(10-12-4-6-16(29-3)14(20)8-12)18(26)13-5-7-17(15(9-13)25(27)28)30-19-22-21-11-24(19)2/h4-9,11H,10H2,1-3H3. The molecule has 0 aliphatic heterocycles. The molecule has 3 rings (SSSR count). The van der Waals surface area contributed by atoms with E-state index in [4.69, 9.17) is 4.74 Å². The van der Waals surface area contributed by atoms with Gasteiger partial charge in [0, 0.05) is 32.3 Å². The molecule has 0 unspecified atom stereocenters. The predicted octanol–water partition coefficient (Wildman–Crippen LogP) is 3.29. The molecule has 0 aliphatic carbocycles. The van der Waals surface area contributed by atoms with Gasteiger partial charge in [-0.2, -0.15) is 0 Å². The Hall–Kier alpha value is -3.47. The molecule has 1 amide bonds. The van der Waals surface area contributed by atoms with Crippen molar-refractivity contribution in [2.45, 2.75) is 16.6 Å². The van der Waals surface area contributed by atoms with Gasteiger partial charge in [-0.1, -0.05) is 6.07 Å². The average molecular weight is 431 g/mol. The van der Waals surface area contributed by atoms with E-state index in [9.17, 15) is 19.3 Å². The zero-order chi connectivity index (χ0) is 21.8. The molecule has 11 heteroatoms. The summed E-state index contributed by atoms with van der Waals surface area (Å²) in [6, 6.07) is 8.66. The van der Waals surface area contributed by atoms with Crippen LogP contribution in [0.5, 0.6) is 5.75 Å². The van der Waals surface area contributed by atoms with Crippen LogP contribution in [-0.4, -0.2) is 44.7 Å². The number of aryl methyl sites for hydroxylation is 1. The summed E-state index contributed by atoms with van der Waals surface area (Å²) in [7, 11) is 4.63. The number of benzene rings is 2. The molecule has 3 aromatic rings. The Balaban J connectivity index is 1.81. The van der Waals surface area contributed by atoms with Gasteiger partial charge in [0.05, 0.1) is 16.9 Å². The van der Waals surface area contributed by atoms with Gasteiger partial charge in [0.1, 0.15) is 6.33 Å². The number of methoxy groups -OCH3 is 1. The SMILES string of the molecule is COc1ccc(CN(C)C(=O)c2ccc(Sc3nncn3C)c([N+](=O)[O-])c2)cc1F. The number of halogens is 1. The number of hydrogen-bond acceptors (Lipinski definition) is 7. The second-order valence-corrected chi connectivity index (χ2v) is 7.41. The average Bonchev–Trinajstić information content (AvgIpc) is 3.12. The summed E-state index contributed by atoms with van der Waals surface area (Å²) in [6.07, 6.45) is 1.49. The number of amides is 1. The van der Waals surface area contributed by atoms with Gasteiger partial charge in [0.25, 0.3) is 11.6 Å². The lowest BCUT2D eigenvalue weighted by Crippen LogP contribution is -2.26. The van der Waals surface area contributed by atoms with Gasteiger partial charge in [-0.3, -0.25) is 14.9 Å². The van der Waals surface area contributed by atoms with Crippen LogP contribution in [0.4, 0.5) is 10.1 Å². The van der Waals surface area contributed by atoms with Crippen molar-refractivity contribution in [2.75, 3.05) is 14.2 Å². The van der Waals surface area contributed by atoms with Crippen LogP contribution >= 0.6 is 11.8 Å². The van der Waals surface area contributed by atoms with Crippen LogP contribution in [0.2, 0.25) is 0 Å². The second-order valence-electron chi connectivity index (χ2n) is 6.40. The number of rotatable bonds is 7. The molecule has 0 fully saturated rings.